The minimum absolute atomic E-state index is 0.0106. The first-order chi connectivity index (χ1) is 10.6. The number of rotatable bonds is 3. The SMILES string of the molecule is [N-]=[N+]=N[C@]1(CI)O[C@@H](n2cc(C(F)(F)F)c(=O)[nH]c2=O)C[C@@H]1O. The van der Waals surface area contributed by atoms with Gasteiger partial charge in [-0.1, -0.05) is 27.7 Å². The van der Waals surface area contributed by atoms with Crippen LogP contribution in [0.15, 0.2) is 20.9 Å². The summed E-state index contributed by atoms with van der Waals surface area (Å²) in [5.41, 5.74) is 2.55. The number of aromatic amines is 1. The van der Waals surface area contributed by atoms with Gasteiger partial charge in [0.15, 0.2) is 5.72 Å². The second-order valence-electron chi connectivity index (χ2n) is 4.70. The number of hydrogen-bond donors (Lipinski definition) is 2. The average molecular weight is 447 g/mol. The molecule has 0 unspecified atom stereocenters. The number of nitrogens with zero attached hydrogens (tertiary/aromatic N) is 4. The molecular weight excluding hydrogens is 438 g/mol. The number of azide groups is 1. The molecule has 126 valence electrons. The quantitative estimate of drug-likeness (QED) is 0.238. The fourth-order valence-electron chi connectivity index (χ4n) is 2.12. The van der Waals surface area contributed by atoms with Crippen molar-refractivity contribution >= 4 is 22.6 Å². The van der Waals surface area contributed by atoms with Gasteiger partial charge in [0.2, 0.25) is 0 Å². The minimum Gasteiger partial charge on any atom is -0.390 e. The first kappa shape index (κ1) is 17.8. The standard InChI is InChI=1S/C10H9F3IN5O4/c11-10(12,13)4-2-19(8(22)16-7(4)21)6-1-5(20)9(3-14,23-6)17-18-15/h2,5-6,20H,1,3H2,(H,16,21,22)/t5-,6+,9+/m0/s1. The van der Waals surface area contributed by atoms with Crippen molar-refractivity contribution in [3.05, 3.63) is 43.0 Å². The van der Waals surface area contributed by atoms with Crippen molar-refractivity contribution < 1.29 is 23.0 Å². The maximum Gasteiger partial charge on any atom is 0.423 e. The number of H-pyrrole nitrogens is 1. The third-order valence-corrected chi connectivity index (χ3v) is 4.37. The molecule has 2 rings (SSSR count). The molecule has 23 heavy (non-hydrogen) atoms. The van der Waals surface area contributed by atoms with Gasteiger partial charge in [-0.3, -0.25) is 14.3 Å². The van der Waals surface area contributed by atoms with Gasteiger partial charge in [-0.05, 0) is 5.53 Å². The van der Waals surface area contributed by atoms with E-state index in [2.05, 4.69) is 10.0 Å². The Labute approximate surface area is 138 Å². The van der Waals surface area contributed by atoms with E-state index in [4.69, 9.17) is 10.3 Å². The van der Waals surface area contributed by atoms with Gasteiger partial charge in [-0.25, -0.2) is 4.79 Å². The van der Waals surface area contributed by atoms with E-state index in [1.165, 1.54) is 0 Å². The predicted molar refractivity (Wildman–Crippen MR) is 77.8 cm³/mol. The molecule has 1 aliphatic heterocycles. The third-order valence-electron chi connectivity index (χ3n) is 3.27. The van der Waals surface area contributed by atoms with E-state index < -0.39 is 41.0 Å². The summed E-state index contributed by atoms with van der Waals surface area (Å²) >= 11 is 1.77. The third kappa shape index (κ3) is 3.22. The Morgan fingerprint density at radius 1 is 1.61 bits per heavy atom. The number of aliphatic hydroxyl groups excluding tert-OH is 1. The second-order valence-corrected chi connectivity index (χ2v) is 5.46. The van der Waals surface area contributed by atoms with Gasteiger partial charge < -0.3 is 9.84 Å². The number of nitrogens with one attached hydrogen (secondary N) is 1. The zero-order valence-electron chi connectivity index (χ0n) is 11.1. The predicted octanol–water partition coefficient (Wildman–Crippen LogP) is 1.28. The van der Waals surface area contributed by atoms with Crippen LogP contribution >= 0.6 is 22.6 Å². The number of aliphatic hydroxyl groups is 1. The molecule has 0 bridgehead atoms. The first-order valence-corrected chi connectivity index (χ1v) is 7.58. The molecule has 2 N–H and O–H groups in total. The maximum absolute atomic E-state index is 12.8. The van der Waals surface area contributed by atoms with E-state index in [0.29, 0.717) is 10.8 Å². The number of aromatic nitrogens is 2. The van der Waals surface area contributed by atoms with Crippen molar-refractivity contribution in [2.45, 2.75) is 30.7 Å². The molecule has 0 spiro atoms. The lowest BCUT2D eigenvalue weighted by Crippen LogP contribution is -2.39. The lowest BCUT2D eigenvalue weighted by molar-refractivity contribution is -0.139. The van der Waals surface area contributed by atoms with Crippen LogP contribution in [0, 0.1) is 0 Å². The Hall–Kier alpha value is -1.57. The molecule has 1 saturated heterocycles. The van der Waals surface area contributed by atoms with Gasteiger partial charge in [-0.15, -0.1) is 0 Å². The van der Waals surface area contributed by atoms with Gasteiger partial charge in [0.1, 0.15) is 11.8 Å². The fourth-order valence-corrected chi connectivity index (χ4v) is 2.96. The van der Waals surface area contributed by atoms with Crippen LogP contribution in [0.25, 0.3) is 10.4 Å². The van der Waals surface area contributed by atoms with E-state index in [1.807, 2.05) is 0 Å². The Morgan fingerprint density at radius 3 is 2.78 bits per heavy atom. The maximum atomic E-state index is 12.8. The molecule has 0 aliphatic carbocycles. The van der Waals surface area contributed by atoms with Gasteiger partial charge >= 0.3 is 11.9 Å². The van der Waals surface area contributed by atoms with Crippen LogP contribution < -0.4 is 11.2 Å². The molecule has 3 atom stereocenters. The molecule has 0 radical (unpaired) electrons. The van der Waals surface area contributed by atoms with E-state index in [-0.39, 0.29) is 10.8 Å². The van der Waals surface area contributed by atoms with E-state index >= 15 is 0 Å². The zero-order valence-corrected chi connectivity index (χ0v) is 13.3. The molecular formula is C10H9F3IN5O4. The Balaban J connectivity index is 2.50. The second kappa shape index (κ2) is 6.14. The van der Waals surface area contributed by atoms with Crippen molar-refractivity contribution in [2.24, 2.45) is 5.11 Å². The summed E-state index contributed by atoms with van der Waals surface area (Å²) in [6.45, 7) is 0. The lowest BCUT2D eigenvalue weighted by atomic mass is 10.1. The summed E-state index contributed by atoms with van der Waals surface area (Å²) in [6.07, 6.45) is -7.58. The summed E-state index contributed by atoms with van der Waals surface area (Å²) < 4.78 is 44.1. The number of ether oxygens (including phenoxy) is 1. The molecule has 0 aromatic carbocycles. The fraction of sp³-hybridized carbons (Fsp3) is 0.600. The number of halogens is 4. The summed E-state index contributed by atoms with van der Waals surface area (Å²) in [5, 5.41) is 13.3. The van der Waals surface area contributed by atoms with Crippen molar-refractivity contribution in [1.29, 1.82) is 0 Å². The van der Waals surface area contributed by atoms with E-state index in [1.54, 1.807) is 27.6 Å². The van der Waals surface area contributed by atoms with Gasteiger partial charge in [0.25, 0.3) is 5.56 Å². The van der Waals surface area contributed by atoms with Crippen LogP contribution in [0.1, 0.15) is 18.2 Å². The van der Waals surface area contributed by atoms with Crippen LogP contribution in [0.4, 0.5) is 13.2 Å². The smallest absolute Gasteiger partial charge is 0.390 e. The lowest BCUT2D eigenvalue weighted by Gasteiger charge is -2.24. The van der Waals surface area contributed by atoms with Crippen molar-refractivity contribution in [2.75, 3.05) is 4.43 Å². The van der Waals surface area contributed by atoms with Crippen LogP contribution in [0.5, 0.6) is 0 Å². The monoisotopic (exact) mass is 447 g/mol. The molecule has 1 aromatic rings. The van der Waals surface area contributed by atoms with Gasteiger partial charge in [-0.2, -0.15) is 13.2 Å². The van der Waals surface area contributed by atoms with Crippen LogP contribution in [-0.2, 0) is 10.9 Å². The van der Waals surface area contributed by atoms with Crippen LogP contribution in [-0.4, -0.2) is 30.9 Å². The van der Waals surface area contributed by atoms with Gasteiger partial charge in [0, 0.05) is 22.0 Å². The Morgan fingerprint density at radius 2 is 2.26 bits per heavy atom. The highest BCUT2D eigenvalue weighted by Crippen LogP contribution is 2.39. The molecule has 13 heteroatoms. The van der Waals surface area contributed by atoms with Crippen LogP contribution in [0.3, 0.4) is 0 Å². The van der Waals surface area contributed by atoms with E-state index in [0.717, 1.165) is 0 Å². The molecule has 1 aliphatic rings. The number of hydrogen-bond acceptors (Lipinski definition) is 5. The van der Waals surface area contributed by atoms with Crippen molar-refractivity contribution in [3.8, 4) is 0 Å². The summed E-state index contributed by atoms with van der Waals surface area (Å²) in [7, 11) is 0. The highest BCUT2D eigenvalue weighted by Gasteiger charge is 2.48. The van der Waals surface area contributed by atoms with Crippen molar-refractivity contribution in [3.63, 3.8) is 0 Å². The van der Waals surface area contributed by atoms with Crippen LogP contribution in [0.2, 0.25) is 0 Å². The normalized spacial score (nSPS) is 27.7. The Kier molecular flexibility index (Phi) is 4.75. The molecule has 1 fully saturated rings. The van der Waals surface area contributed by atoms with Crippen molar-refractivity contribution in [1.82, 2.24) is 9.55 Å². The average Bonchev–Trinajstić information content (AvgIpc) is 2.75. The minimum atomic E-state index is -4.97. The highest BCUT2D eigenvalue weighted by molar-refractivity contribution is 14.1. The first-order valence-electron chi connectivity index (χ1n) is 6.05. The summed E-state index contributed by atoms with van der Waals surface area (Å²) in [5.74, 6) is 0. The summed E-state index contributed by atoms with van der Waals surface area (Å²) in [4.78, 5) is 27.1. The molecule has 9 nitrogen and oxygen atoms in total. The summed E-state index contributed by atoms with van der Waals surface area (Å²) in [6, 6.07) is 0. The zero-order chi connectivity index (χ0) is 17.4. The number of alkyl halides is 4. The molecule has 1 aromatic heterocycles. The molecule has 2 heterocycles. The largest absolute Gasteiger partial charge is 0.423 e. The molecule has 0 amide bonds. The molecule has 0 saturated carbocycles. The van der Waals surface area contributed by atoms with Gasteiger partial charge in [0.05, 0.1) is 6.10 Å². The van der Waals surface area contributed by atoms with E-state index in [9.17, 15) is 27.9 Å². The Bertz CT molecular complexity index is 771. The highest BCUT2D eigenvalue weighted by atomic mass is 127. The topological polar surface area (TPSA) is 133 Å².